The average Bonchev–Trinajstić information content (AvgIpc) is 3.35. The van der Waals surface area contributed by atoms with Gasteiger partial charge in [0, 0.05) is 6.04 Å². The molecule has 0 saturated heterocycles. The van der Waals surface area contributed by atoms with Crippen LogP contribution in [0.4, 0.5) is 0 Å². The highest BCUT2D eigenvalue weighted by Crippen LogP contribution is 2.33. The van der Waals surface area contributed by atoms with Gasteiger partial charge in [-0.1, -0.05) is 0 Å². The molecule has 1 amide bonds. The largest absolute Gasteiger partial charge is 0.497 e. The second kappa shape index (κ2) is 5.87. The molecule has 1 heterocycles. The number of aliphatic carboxylic acids is 1. The summed E-state index contributed by atoms with van der Waals surface area (Å²) in [6.45, 7) is 0.0615. The zero-order valence-corrected chi connectivity index (χ0v) is 12.4. The minimum absolute atomic E-state index is 0.0790. The van der Waals surface area contributed by atoms with Crippen LogP contribution in [0.2, 0.25) is 0 Å². The molecule has 1 N–H and O–H groups in total. The van der Waals surface area contributed by atoms with E-state index in [4.69, 9.17) is 14.6 Å². The predicted octanol–water partition coefficient (Wildman–Crippen LogP) is 1.32. The fourth-order valence-electron chi connectivity index (χ4n) is 2.81. The van der Waals surface area contributed by atoms with Crippen molar-refractivity contribution in [1.29, 1.82) is 0 Å². The molecule has 1 saturated carbocycles. The quantitative estimate of drug-likeness (QED) is 0.888. The number of hydrogen-bond donors (Lipinski definition) is 1. The fraction of sp³-hybridized carbons (Fsp3) is 0.500. The third kappa shape index (κ3) is 3.00. The van der Waals surface area contributed by atoms with Crippen molar-refractivity contribution in [2.75, 3.05) is 20.3 Å². The van der Waals surface area contributed by atoms with Gasteiger partial charge in [0.25, 0.3) is 0 Å². The predicted molar refractivity (Wildman–Crippen MR) is 78.1 cm³/mol. The Hall–Kier alpha value is -2.24. The first-order chi connectivity index (χ1) is 10.6. The summed E-state index contributed by atoms with van der Waals surface area (Å²) < 4.78 is 10.9. The highest BCUT2D eigenvalue weighted by molar-refractivity contribution is 5.84. The van der Waals surface area contributed by atoms with Gasteiger partial charge in [0.2, 0.25) is 5.91 Å². The van der Waals surface area contributed by atoms with Gasteiger partial charge in [-0.25, -0.2) is 0 Å². The number of carboxylic acid groups (broad SMARTS) is 1. The lowest BCUT2D eigenvalue weighted by Gasteiger charge is -2.29. The molecule has 2 aliphatic rings. The third-order valence-corrected chi connectivity index (χ3v) is 4.10. The Bertz CT molecular complexity index is 596. The van der Waals surface area contributed by atoms with Crippen LogP contribution in [0.3, 0.4) is 0 Å². The first-order valence-corrected chi connectivity index (χ1v) is 7.40. The van der Waals surface area contributed by atoms with E-state index in [1.807, 2.05) is 18.2 Å². The minimum atomic E-state index is -0.973. The number of carbonyl (C=O) groups is 2. The first kappa shape index (κ1) is 14.7. The topological polar surface area (TPSA) is 76.1 Å². The molecular weight excluding hydrogens is 286 g/mol. The van der Waals surface area contributed by atoms with Crippen LogP contribution in [0.25, 0.3) is 0 Å². The second-order valence-corrected chi connectivity index (χ2v) is 5.78. The van der Waals surface area contributed by atoms with E-state index < -0.39 is 5.97 Å². The molecule has 1 aromatic carbocycles. The summed E-state index contributed by atoms with van der Waals surface area (Å²) in [7, 11) is 1.59. The Morgan fingerprint density at radius 3 is 2.82 bits per heavy atom. The molecule has 1 unspecified atom stereocenters. The van der Waals surface area contributed by atoms with Crippen LogP contribution in [0.5, 0.6) is 11.5 Å². The van der Waals surface area contributed by atoms with Gasteiger partial charge in [-0.15, -0.1) is 0 Å². The number of carboxylic acids is 1. The maximum absolute atomic E-state index is 12.6. The molecule has 0 radical (unpaired) electrons. The SMILES string of the molecule is COc1ccc2c(c1)CC(C(=O)N(CC(=O)O)C1CC1)CO2. The van der Waals surface area contributed by atoms with Crippen molar-refractivity contribution >= 4 is 11.9 Å². The van der Waals surface area contributed by atoms with E-state index in [-0.39, 0.29) is 24.4 Å². The van der Waals surface area contributed by atoms with Gasteiger partial charge < -0.3 is 19.5 Å². The summed E-state index contributed by atoms with van der Waals surface area (Å²) in [5.41, 5.74) is 0.926. The van der Waals surface area contributed by atoms with Crippen LogP contribution < -0.4 is 9.47 Å². The van der Waals surface area contributed by atoms with E-state index in [1.54, 1.807) is 7.11 Å². The van der Waals surface area contributed by atoms with Crippen molar-refractivity contribution in [2.45, 2.75) is 25.3 Å². The Morgan fingerprint density at radius 2 is 2.18 bits per heavy atom. The lowest BCUT2D eigenvalue weighted by molar-refractivity contribution is -0.147. The standard InChI is InChI=1S/C16H19NO5/c1-21-13-4-5-14-10(7-13)6-11(9-22-14)16(20)17(8-15(18)19)12-2-3-12/h4-5,7,11-12H,2-3,6,8-9H2,1H3,(H,18,19). The summed E-state index contributed by atoms with van der Waals surface area (Å²) in [4.78, 5) is 25.1. The number of hydrogen-bond acceptors (Lipinski definition) is 4. The summed E-state index contributed by atoms with van der Waals surface area (Å²) in [6, 6.07) is 5.61. The van der Waals surface area contributed by atoms with E-state index >= 15 is 0 Å². The Labute approximate surface area is 128 Å². The molecule has 6 heteroatoms. The molecule has 0 bridgehead atoms. The van der Waals surface area contributed by atoms with Gasteiger partial charge in [-0.05, 0) is 43.0 Å². The van der Waals surface area contributed by atoms with Crippen molar-refractivity contribution < 1.29 is 24.2 Å². The molecule has 1 aliphatic carbocycles. The third-order valence-electron chi connectivity index (χ3n) is 4.10. The Balaban J connectivity index is 1.74. The molecule has 1 fully saturated rings. The zero-order valence-electron chi connectivity index (χ0n) is 12.4. The number of nitrogens with zero attached hydrogens (tertiary/aromatic N) is 1. The number of rotatable bonds is 5. The first-order valence-electron chi connectivity index (χ1n) is 7.40. The molecule has 118 valence electrons. The lowest BCUT2D eigenvalue weighted by atomic mass is 9.95. The smallest absolute Gasteiger partial charge is 0.323 e. The van der Waals surface area contributed by atoms with Gasteiger partial charge >= 0.3 is 5.97 Å². The maximum atomic E-state index is 12.6. The van der Waals surface area contributed by atoms with Crippen LogP contribution in [-0.4, -0.2) is 48.2 Å². The number of benzene rings is 1. The number of methoxy groups -OCH3 is 1. The number of fused-ring (bicyclic) bond motifs is 1. The van der Waals surface area contributed by atoms with Crippen molar-refractivity contribution in [1.82, 2.24) is 4.90 Å². The van der Waals surface area contributed by atoms with Crippen molar-refractivity contribution in [3.8, 4) is 11.5 Å². The van der Waals surface area contributed by atoms with E-state index in [0.29, 0.717) is 13.0 Å². The van der Waals surface area contributed by atoms with Gasteiger partial charge in [0.05, 0.1) is 13.0 Å². The van der Waals surface area contributed by atoms with Crippen molar-refractivity contribution in [3.63, 3.8) is 0 Å². The molecular formula is C16H19NO5. The monoisotopic (exact) mass is 305 g/mol. The van der Waals surface area contributed by atoms with Crippen LogP contribution in [0, 0.1) is 5.92 Å². The summed E-state index contributed by atoms with van der Waals surface area (Å²) >= 11 is 0. The van der Waals surface area contributed by atoms with E-state index in [2.05, 4.69) is 0 Å². The molecule has 1 aliphatic heterocycles. The van der Waals surface area contributed by atoms with E-state index in [0.717, 1.165) is 29.9 Å². The minimum Gasteiger partial charge on any atom is -0.497 e. The zero-order chi connectivity index (χ0) is 15.7. The number of ether oxygens (including phenoxy) is 2. The number of amides is 1. The average molecular weight is 305 g/mol. The molecule has 0 spiro atoms. The van der Waals surface area contributed by atoms with Crippen LogP contribution in [-0.2, 0) is 16.0 Å². The molecule has 1 atom stereocenters. The van der Waals surface area contributed by atoms with Gasteiger partial charge in [0.15, 0.2) is 0 Å². The lowest BCUT2D eigenvalue weighted by Crippen LogP contribution is -2.44. The highest BCUT2D eigenvalue weighted by atomic mass is 16.5. The van der Waals surface area contributed by atoms with Gasteiger partial charge in [-0.2, -0.15) is 0 Å². The molecule has 6 nitrogen and oxygen atoms in total. The molecule has 1 aromatic rings. The Kier molecular flexibility index (Phi) is 3.92. The van der Waals surface area contributed by atoms with Crippen LogP contribution in [0.15, 0.2) is 18.2 Å². The van der Waals surface area contributed by atoms with Gasteiger partial charge in [-0.3, -0.25) is 9.59 Å². The van der Waals surface area contributed by atoms with E-state index in [9.17, 15) is 9.59 Å². The normalized spacial score (nSPS) is 19.8. The number of carbonyl (C=O) groups excluding carboxylic acids is 1. The molecule has 22 heavy (non-hydrogen) atoms. The summed E-state index contributed by atoms with van der Waals surface area (Å²) in [5, 5.41) is 8.99. The Morgan fingerprint density at radius 1 is 1.41 bits per heavy atom. The van der Waals surface area contributed by atoms with E-state index in [1.165, 1.54) is 4.90 Å². The van der Waals surface area contributed by atoms with Gasteiger partial charge in [0.1, 0.15) is 24.7 Å². The maximum Gasteiger partial charge on any atom is 0.323 e. The summed E-state index contributed by atoms with van der Waals surface area (Å²) in [5.74, 6) is 0.0538. The van der Waals surface area contributed by atoms with Crippen molar-refractivity contribution in [3.05, 3.63) is 23.8 Å². The second-order valence-electron chi connectivity index (χ2n) is 5.78. The molecule has 3 rings (SSSR count). The summed E-state index contributed by atoms with van der Waals surface area (Å²) in [6.07, 6.45) is 2.32. The highest BCUT2D eigenvalue weighted by Gasteiger charge is 2.38. The van der Waals surface area contributed by atoms with Crippen molar-refractivity contribution in [2.24, 2.45) is 5.92 Å². The van der Waals surface area contributed by atoms with Crippen LogP contribution >= 0.6 is 0 Å². The fourth-order valence-corrected chi connectivity index (χ4v) is 2.81. The van der Waals surface area contributed by atoms with Crippen LogP contribution in [0.1, 0.15) is 18.4 Å². The molecule has 0 aromatic heterocycles.